The largest absolute Gasteiger partial charge is 0.461 e. The molecule has 0 amide bonds. The molecule has 3 rings (SSSR count). The van der Waals surface area contributed by atoms with Gasteiger partial charge in [-0.3, -0.25) is 0 Å². The second kappa shape index (κ2) is 6.59. The van der Waals surface area contributed by atoms with Gasteiger partial charge in [0.25, 0.3) is 10.0 Å². The van der Waals surface area contributed by atoms with E-state index in [1.807, 2.05) is 30.3 Å². The first-order valence-corrected chi connectivity index (χ1v) is 9.60. The summed E-state index contributed by atoms with van der Waals surface area (Å²) in [5.74, 6) is 1.27. The van der Waals surface area contributed by atoms with Crippen molar-refractivity contribution in [1.82, 2.24) is 14.2 Å². The van der Waals surface area contributed by atoms with Crippen molar-refractivity contribution in [3.8, 4) is 11.6 Å². The molecule has 0 saturated heterocycles. The first-order valence-electron chi connectivity index (χ1n) is 7.01. The normalized spacial score (nSPS) is 11.7. The smallest absolute Gasteiger partial charge is 0.256 e. The van der Waals surface area contributed by atoms with E-state index in [-0.39, 0.29) is 11.6 Å². The minimum absolute atomic E-state index is 0.0488. The van der Waals surface area contributed by atoms with Crippen molar-refractivity contribution in [3.63, 3.8) is 0 Å². The number of hydrogen-bond donors (Lipinski definition) is 0. The van der Waals surface area contributed by atoms with E-state index >= 15 is 0 Å². The first-order chi connectivity index (χ1) is 11.1. The summed E-state index contributed by atoms with van der Waals surface area (Å²) in [7, 11) is -3.52. The second-order valence-corrected chi connectivity index (χ2v) is 7.74. The quantitative estimate of drug-likeness (QED) is 0.637. The van der Waals surface area contributed by atoms with Crippen LogP contribution in [0.15, 0.2) is 58.3 Å². The first kappa shape index (κ1) is 15.8. The zero-order valence-electron chi connectivity index (χ0n) is 12.4. The number of aromatic nitrogens is 3. The Morgan fingerprint density at radius 1 is 1.17 bits per heavy atom. The molecular formula is C15H15N3O3S2. The highest BCUT2D eigenvalue weighted by Gasteiger charge is 2.22. The Morgan fingerprint density at radius 2 is 1.96 bits per heavy atom. The second-order valence-electron chi connectivity index (χ2n) is 4.71. The fraction of sp³-hybridized carbons (Fsp3) is 0.200. The minimum Gasteiger partial charge on any atom is -0.461 e. The summed E-state index contributed by atoms with van der Waals surface area (Å²) in [5.41, 5.74) is 1.08. The van der Waals surface area contributed by atoms with Crippen LogP contribution in [0.1, 0.15) is 12.5 Å². The summed E-state index contributed by atoms with van der Waals surface area (Å²) >= 11 is 1.33. The molecule has 8 heteroatoms. The Labute approximate surface area is 138 Å². The summed E-state index contributed by atoms with van der Waals surface area (Å²) in [6, 6.07) is 13.2. The lowest BCUT2D eigenvalue weighted by molar-refractivity contribution is 0.571. The van der Waals surface area contributed by atoms with Crippen molar-refractivity contribution in [1.29, 1.82) is 0 Å². The van der Waals surface area contributed by atoms with Crippen LogP contribution in [0.5, 0.6) is 0 Å². The molecule has 0 N–H and O–H groups in total. The van der Waals surface area contributed by atoms with Crippen molar-refractivity contribution in [2.75, 3.05) is 5.75 Å². The molecule has 6 nitrogen and oxygen atoms in total. The Balaban J connectivity index is 1.94. The summed E-state index contributed by atoms with van der Waals surface area (Å²) in [6.07, 6.45) is 1.50. The van der Waals surface area contributed by atoms with Crippen molar-refractivity contribution in [2.24, 2.45) is 0 Å². The zero-order chi connectivity index (χ0) is 16.3. The predicted octanol–water partition coefficient (Wildman–Crippen LogP) is 3.03. The highest BCUT2D eigenvalue weighted by Crippen LogP contribution is 2.26. The zero-order valence-corrected chi connectivity index (χ0v) is 14.0. The van der Waals surface area contributed by atoms with Crippen LogP contribution in [-0.4, -0.2) is 28.3 Å². The molecule has 0 radical (unpaired) electrons. The van der Waals surface area contributed by atoms with Gasteiger partial charge in [-0.1, -0.05) is 42.1 Å². The molecule has 0 atom stereocenters. The Hall–Kier alpha value is -2.06. The summed E-state index contributed by atoms with van der Waals surface area (Å²) in [5, 5.41) is 4.45. The van der Waals surface area contributed by atoms with E-state index in [9.17, 15) is 8.42 Å². The molecule has 120 valence electrons. The number of nitrogens with zero attached hydrogens (tertiary/aromatic N) is 3. The van der Waals surface area contributed by atoms with E-state index in [1.54, 1.807) is 19.1 Å². The average molecular weight is 349 g/mol. The Kier molecular flexibility index (Phi) is 4.53. The Bertz CT molecular complexity index is 872. The third-order valence-corrected chi connectivity index (χ3v) is 5.76. The summed E-state index contributed by atoms with van der Waals surface area (Å²) in [4.78, 5) is 4.32. The highest BCUT2D eigenvalue weighted by molar-refractivity contribution is 7.99. The molecule has 0 aliphatic carbocycles. The van der Waals surface area contributed by atoms with Gasteiger partial charge in [-0.15, -0.1) is 9.19 Å². The lowest BCUT2D eigenvalue weighted by Gasteiger charge is -2.04. The average Bonchev–Trinajstić information content (AvgIpc) is 3.23. The molecule has 0 spiro atoms. The van der Waals surface area contributed by atoms with Crippen LogP contribution in [0.2, 0.25) is 0 Å². The molecule has 0 fully saturated rings. The van der Waals surface area contributed by atoms with Gasteiger partial charge in [0.2, 0.25) is 11.0 Å². The topological polar surface area (TPSA) is 78.0 Å². The van der Waals surface area contributed by atoms with Crippen molar-refractivity contribution in [2.45, 2.75) is 17.8 Å². The van der Waals surface area contributed by atoms with Gasteiger partial charge >= 0.3 is 0 Å². The van der Waals surface area contributed by atoms with E-state index in [0.29, 0.717) is 16.7 Å². The maximum absolute atomic E-state index is 12.2. The maximum Gasteiger partial charge on any atom is 0.256 e. The number of furan rings is 1. The number of benzene rings is 1. The van der Waals surface area contributed by atoms with Crippen molar-refractivity contribution < 1.29 is 12.8 Å². The number of rotatable bonds is 6. The Morgan fingerprint density at radius 3 is 2.61 bits per heavy atom. The molecule has 3 aromatic rings. The molecule has 0 saturated carbocycles. The van der Waals surface area contributed by atoms with Gasteiger partial charge in [0.1, 0.15) is 0 Å². The molecule has 1 aromatic carbocycles. The van der Waals surface area contributed by atoms with Gasteiger partial charge in [0.05, 0.1) is 12.0 Å². The van der Waals surface area contributed by atoms with Crippen LogP contribution in [0, 0.1) is 0 Å². The van der Waals surface area contributed by atoms with Gasteiger partial charge in [0.15, 0.2) is 5.76 Å². The molecule has 2 aromatic heterocycles. The molecule has 23 heavy (non-hydrogen) atoms. The van der Waals surface area contributed by atoms with Crippen molar-refractivity contribution in [3.05, 3.63) is 54.3 Å². The van der Waals surface area contributed by atoms with E-state index in [1.165, 1.54) is 18.0 Å². The fourth-order valence-electron chi connectivity index (χ4n) is 1.91. The van der Waals surface area contributed by atoms with Crippen LogP contribution in [-0.2, 0) is 15.8 Å². The van der Waals surface area contributed by atoms with Gasteiger partial charge in [-0.2, -0.15) is 4.98 Å². The predicted molar refractivity (Wildman–Crippen MR) is 88.6 cm³/mol. The molecule has 0 aliphatic rings. The minimum atomic E-state index is -3.52. The van der Waals surface area contributed by atoms with E-state index in [0.717, 1.165) is 9.65 Å². The lowest BCUT2D eigenvalue weighted by Crippen LogP contribution is -2.17. The molecular weight excluding hydrogens is 334 g/mol. The SMILES string of the molecule is CCS(=O)(=O)n1nc(-c2ccco2)nc1SCc1ccccc1. The standard InChI is InChI=1S/C15H15N3O3S2/c1-2-23(19,20)18-15(22-11-12-7-4-3-5-8-12)16-14(17-18)13-9-6-10-21-13/h3-10H,2,11H2,1H3. The van der Waals surface area contributed by atoms with Crippen LogP contribution in [0.3, 0.4) is 0 Å². The molecule has 0 aliphatic heterocycles. The third-order valence-electron chi connectivity index (χ3n) is 3.13. The lowest BCUT2D eigenvalue weighted by atomic mass is 10.2. The van der Waals surface area contributed by atoms with Gasteiger partial charge < -0.3 is 4.42 Å². The third kappa shape index (κ3) is 3.48. The van der Waals surface area contributed by atoms with Crippen molar-refractivity contribution >= 4 is 21.8 Å². The van der Waals surface area contributed by atoms with Gasteiger partial charge in [0, 0.05) is 5.75 Å². The van der Waals surface area contributed by atoms with Crippen LogP contribution < -0.4 is 0 Å². The monoisotopic (exact) mass is 349 g/mol. The summed E-state index contributed by atoms with van der Waals surface area (Å²) in [6.45, 7) is 1.58. The molecule has 0 bridgehead atoms. The highest BCUT2D eigenvalue weighted by atomic mass is 32.2. The fourth-order valence-corrected chi connectivity index (χ4v) is 3.92. The van der Waals surface area contributed by atoms with Gasteiger partial charge in [-0.05, 0) is 24.6 Å². The van der Waals surface area contributed by atoms with Crippen LogP contribution in [0.25, 0.3) is 11.6 Å². The summed E-state index contributed by atoms with van der Waals surface area (Å²) < 4.78 is 30.7. The van der Waals surface area contributed by atoms with Crippen LogP contribution >= 0.6 is 11.8 Å². The molecule has 2 heterocycles. The van der Waals surface area contributed by atoms with E-state index < -0.39 is 10.0 Å². The maximum atomic E-state index is 12.2. The van der Waals surface area contributed by atoms with E-state index in [2.05, 4.69) is 10.1 Å². The molecule has 0 unspecified atom stereocenters. The van der Waals surface area contributed by atoms with Gasteiger partial charge in [-0.25, -0.2) is 8.42 Å². The number of hydrogen-bond acceptors (Lipinski definition) is 6. The van der Waals surface area contributed by atoms with E-state index in [4.69, 9.17) is 4.42 Å². The van der Waals surface area contributed by atoms with Crippen LogP contribution in [0.4, 0.5) is 0 Å². The number of thioether (sulfide) groups is 1.